The standard InChI is InChI=1S/C10H10ClN3O/c1-7-9(11)10(12-13(7)2)14-6-4-3-5-8(14)15/h3-6H,1-2H3. The van der Waals surface area contributed by atoms with Crippen LogP contribution in [-0.4, -0.2) is 14.3 Å². The van der Waals surface area contributed by atoms with Gasteiger partial charge in [-0.2, -0.15) is 5.10 Å². The molecule has 0 amide bonds. The SMILES string of the molecule is Cc1c(Cl)c(-n2ccccc2=O)nn1C. The molecule has 78 valence electrons. The highest BCUT2D eigenvalue weighted by atomic mass is 35.5. The van der Waals surface area contributed by atoms with E-state index < -0.39 is 0 Å². The molecule has 0 aromatic carbocycles. The van der Waals surface area contributed by atoms with Crippen molar-refractivity contribution in [3.05, 3.63) is 45.5 Å². The van der Waals surface area contributed by atoms with E-state index >= 15 is 0 Å². The number of aryl methyl sites for hydroxylation is 1. The smallest absolute Gasteiger partial charge is 0.256 e. The van der Waals surface area contributed by atoms with Gasteiger partial charge in [0.1, 0.15) is 5.02 Å². The van der Waals surface area contributed by atoms with Crippen LogP contribution in [0.25, 0.3) is 5.82 Å². The maximum Gasteiger partial charge on any atom is 0.256 e. The molecule has 4 nitrogen and oxygen atoms in total. The topological polar surface area (TPSA) is 39.8 Å². The monoisotopic (exact) mass is 223 g/mol. The number of aromatic nitrogens is 3. The third kappa shape index (κ3) is 1.57. The fourth-order valence-corrected chi connectivity index (χ4v) is 1.57. The van der Waals surface area contributed by atoms with Crippen molar-refractivity contribution in [3.63, 3.8) is 0 Å². The van der Waals surface area contributed by atoms with Crippen molar-refractivity contribution in [2.24, 2.45) is 7.05 Å². The van der Waals surface area contributed by atoms with E-state index in [-0.39, 0.29) is 5.56 Å². The minimum absolute atomic E-state index is 0.141. The van der Waals surface area contributed by atoms with E-state index in [0.29, 0.717) is 10.8 Å². The summed E-state index contributed by atoms with van der Waals surface area (Å²) in [5, 5.41) is 4.69. The van der Waals surface area contributed by atoms with Gasteiger partial charge in [-0.25, -0.2) is 0 Å². The Kier molecular flexibility index (Phi) is 2.36. The Labute approximate surface area is 91.7 Å². The summed E-state index contributed by atoms with van der Waals surface area (Å²) in [7, 11) is 1.79. The molecule has 0 atom stereocenters. The summed E-state index contributed by atoms with van der Waals surface area (Å²) in [5.41, 5.74) is 0.694. The first kappa shape index (κ1) is 9.98. The summed E-state index contributed by atoms with van der Waals surface area (Å²) < 4.78 is 3.08. The van der Waals surface area contributed by atoms with Crippen LogP contribution >= 0.6 is 11.6 Å². The fraction of sp³-hybridized carbons (Fsp3) is 0.200. The molecule has 0 radical (unpaired) electrons. The van der Waals surface area contributed by atoms with Gasteiger partial charge in [-0.1, -0.05) is 17.7 Å². The summed E-state index contributed by atoms with van der Waals surface area (Å²) in [4.78, 5) is 11.5. The quantitative estimate of drug-likeness (QED) is 0.736. The van der Waals surface area contributed by atoms with Crippen LogP contribution in [0.5, 0.6) is 0 Å². The summed E-state index contributed by atoms with van der Waals surface area (Å²) in [5.74, 6) is 0.474. The molecule has 5 heteroatoms. The average molecular weight is 224 g/mol. The normalized spacial score (nSPS) is 10.6. The largest absolute Gasteiger partial charge is 0.269 e. The summed E-state index contributed by atoms with van der Waals surface area (Å²) >= 11 is 6.08. The lowest BCUT2D eigenvalue weighted by Crippen LogP contribution is -2.16. The van der Waals surface area contributed by atoms with Crippen LogP contribution in [0.4, 0.5) is 0 Å². The van der Waals surface area contributed by atoms with Gasteiger partial charge in [0, 0.05) is 19.3 Å². The van der Waals surface area contributed by atoms with Gasteiger partial charge in [0.25, 0.3) is 5.56 Å². The maximum atomic E-state index is 11.5. The Morgan fingerprint density at radius 3 is 2.67 bits per heavy atom. The lowest BCUT2D eigenvalue weighted by Gasteiger charge is -1.99. The van der Waals surface area contributed by atoms with Crippen molar-refractivity contribution in [2.75, 3.05) is 0 Å². The van der Waals surface area contributed by atoms with Gasteiger partial charge in [0.2, 0.25) is 0 Å². The maximum absolute atomic E-state index is 11.5. The Hall–Kier alpha value is -1.55. The third-order valence-corrected chi connectivity index (χ3v) is 2.74. The van der Waals surface area contributed by atoms with Crippen LogP contribution < -0.4 is 5.56 Å². The van der Waals surface area contributed by atoms with Crippen LogP contribution in [0, 0.1) is 6.92 Å². The number of hydrogen-bond acceptors (Lipinski definition) is 2. The molecule has 2 aromatic heterocycles. The van der Waals surface area contributed by atoms with E-state index in [4.69, 9.17) is 11.6 Å². The molecule has 0 aliphatic rings. The number of rotatable bonds is 1. The summed E-state index contributed by atoms with van der Waals surface area (Å²) in [6.07, 6.45) is 1.65. The number of hydrogen-bond donors (Lipinski definition) is 0. The van der Waals surface area contributed by atoms with Gasteiger partial charge >= 0.3 is 0 Å². The predicted octanol–water partition coefficient (Wildman–Crippen LogP) is 1.53. The van der Waals surface area contributed by atoms with Crippen molar-refractivity contribution >= 4 is 11.6 Å². The third-order valence-electron chi connectivity index (χ3n) is 2.29. The van der Waals surface area contributed by atoms with E-state index in [2.05, 4.69) is 5.10 Å². The van der Waals surface area contributed by atoms with Gasteiger partial charge in [-0.05, 0) is 13.0 Å². The van der Waals surface area contributed by atoms with Gasteiger partial charge in [-0.15, -0.1) is 0 Å². The van der Waals surface area contributed by atoms with Crippen molar-refractivity contribution < 1.29 is 0 Å². The van der Waals surface area contributed by atoms with Crippen LogP contribution in [0.2, 0.25) is 5.02 Å². The van der Waals surface area contributed by atoms with Crippen molar-refractivity contribution in [2.45, 2.75) is 6.92 Å². The highest BCUT2D eigenvalue weighted by Crippen LogP contribution is 2.21. The second-order valence-corrected chi connectivity index (χ2v) is 3.63. The lowest BCUT2D eigenvalue weighted by molar-refractivity contribution is 0.724. The molecule has 2 heterocycles. The average Bonchev–Trinajstić information content (AvgIpc) is 2.47. The van der Waals surface area contributed by atoms with Gasteiger partial charge in [0.05, 0.1) is 5.69 Å². The lowest BCUT2D eigenvalue weighted by atomic mass is 10.4. The molecule has 0 aliphatic carbocycles. The first-order valence-corrected chi connectivity index (χ1v) is 4.86. The molecule has 0 saturated heterocycles. The predicted molar refractivity (Wildman–Crippen MR) is 58.6 cm³/mol. The van der Waals surface area contributed by atoms with Crippen LogP contribution in [0.3, 0.4) is 0 Å². The molecule has 0 fully saturated rings. The Morgan fingerprint density at radius 1 is 1.40 bits per heavy atom. The Balaban J connectivity index is 2.70. The van der Waals surface area contributed by atoms with Gasteiger partial charge in [-0.3, -0.25) is 14.0 Å². The highest BCUT2D eigenvalue weighted by Gasteiger charge is 2.12. The number of nitrogens with zero attached hydrogens (tertiary/aromatic N) is 3. The van der Waals surface area contributed by atoms with Gasteiger partial charge in [0.15, 0.2) is 5.82 Å². The second-order valence-electron chi connectivity index (χ2n) is 3.26. The molecular formula is C10H10ClN3O. The van der Waals surface area contributed by atoms with Crippen molar-refractivity contribution in [1.29, 1.82) is 0 Å². The van der Waals surface area contributed by atoms with Gasteiger partial charge < -0.3 is 0 Å². The van der Waals surface area contributed by atoms with E-state index in [9.17, 15) is 4.79 Å². The molecule has 0 unspecified atom stereocenters. The molecule has 0 spiro atoms. The molecule has 0 N–H and O–H groups in total. The molecule has 2 aromatic rings. The molecule has 2 rings (SSSR count). The summed E-state index contributed by atoms with van der Waals surface area (Å²) in [6, 6.07) is 4.92. The Morgan fingerprint density at radius 2 is 2.13 bits per heavy atom. The number of halogens is 1. The highest BCUT2D eigenvalue weighted by molar-refractivity contribution is 6.32. The number of pyridine rings is 1. The van der Waals surface area contributed by atoms with Crippen LogP contribution in [0.15, 0.2) is 29.2 Å². The Bertz CT molecular complexity index is 556. The van der Waals surface area contributed by atoms with Crippen molar-refractivity contribution in [3.8, 4) is 5.82 Å². The minimum Gasteiger partial charge on any atom is -0.269 e. The molecule has 0 aliphatic heterocycles. The van der Waals surface area contributed by atoms with E-state index in [0.717, 1.165) is 5.69 Å². The van der Waals surface area contributed by atoms with Crippen molar-refractivity contribution in [1.82, 2.24) is 14.3 Å². The molecule has 0 bridgehead atoms. The molecular weight excluding hydrogens is 214 g/mol. The van der Waals surface area contributed by atoms with E-state index in [1.807, 2.05) is 6.92 Å². The van der Waals surface area contributed by atoms with Crippen LogP contribution in [-0.2, 0) is 7.05 Å². The zero-order valence-electron chi connectivity index (χ0n) is 8.44. The fourth-order valence-electron chi connectivity index (χ4n) is 1.32. The van der Waals surface area contributed by atoms with E-state index in [1.54, 1.807) is 30.1 Å². The molecule has 15 heavy (non-hydrogen) atoms. The molecule has 0 saturated carbocycles. The first-order chi connectivity index (χ1) is 7.11. The minimum atomic E-state index is -0.141. The van der Waals surface area contributed by atoms with E-state index in [1.165, 1.54) is 10.6 Å². The van der Waals surface area contributed by atoms with Crippen LogP contribution in [0.1, 0.15) is 5.69 Å². The zero-order chi connectivity index (χ0) is 11.0. The summed E-state index contributed by atoms with van der Waals surface area (Å²) in [6.45, 7) is 1.85. The first-order valence-electron chi connectivity index (χ1n) is 4.48. The zero-order valence-corrected chi connectivity index (χ0v) is 9.19. The second kappa shape index (κ2) is 3.55.